The van der Waals surface area contributed by atoms with Crippen LogP contribution in [0.1, 0.15) is 51.6 Å². The Labute approximate surface area is 90.9 Å². The van der Waals surface area contributed by atoms with E-state index in [9.17, 15) is 0 Å². The Kier molecular flexibility index (Phi) is 1.64. The van der Waals surface area contributed by atoms with E-state index in [0.29, 0.717) is 16.7 Å². The molecule has 0 aromatic carbocycles. The molecule has 1 heterocycles. The van der Waals surface area contributed by atoms with Crippen molar-refractivity contribution >= 4 is 0 Å². The van der Waals surface area contributed by atoms with E-state index in [4.69, 9.17) is 0 Å². The van der Waals surface area contributed by atoms with E-state index in [1.54, 1.807) is 0 Å². The maximum absolute atomic E-state index is 4.22. The minimum absolute atomic E-state index is 0.490. The molecule has 0 radical (unpaired) electrons. The first-order valence-electron chi connectivity index (χ1n) is 5.90. The molecule has 3 aliphatic carbocycles. The summed E-state index contributed by atoms with van der Waals surface area (Å²) in [7, 11) is 0. The molecule has 3 nitrogen and oxygen atoms in total. The molecule has 4 rings (SSSR count). The molecule has 3 saturated carbocycles. The molecule has 0 atom stereocenters. The van der Waals surface area contributed by atoms with E-state index in [2.05, 4.69) is 37.3 Å². The van der Waals surface area contributed by atoms with E-state index in [1.165, 1.54) is 19.3 Å². The summed E-state index contributed by atoms with van der Waals surface area (Å²) >= 11 is 0. The van der Waals surface area contributed by atoms with Gasteiger partial charge < -0.3 is 0 Å². The van der Waals surface area contributed by atoms with Gasteiger partial charge in [0.05, 0.1) is 5.69 Å². The summed E-state index contributed by atoms with van der Waals surface area (Å²) in [6, 6.07) is 0. The van der Waals surface area contributed by atoms with Crippen molar-refractivity contribution in [1.29, 1.82) is 0 Å². The summed E-state index contributed by atoms with van der Waals surface area (Å²) in [6.45, 7) is 7.81. The highest BCUT2D eigenvalue weighted by molar-refractivity contribution is 5.14. The van der Waals surface area contributed by atoms with Gasteiger partial charge in [0.2, 0.25) is 0 Å². The fraction of sp³-hybridized carbons (Fsp3) is 0.833. The van der Waals surface area contributed by atoms with Crippen LogP contribution in [0, 0.1) is 10.8 Å². The zero-order chi connectivity index (χ0) is 10.7. The van der Waals surface area contributed by atoms with Gasteiger partial charge in [-0.25, -0.2) is 0 Å². The second kappa shape index (κ2) is 2.63. The van der Waals surface area contributed by atoms with Gasteiger partial charge >= 0.3 is 0 Å². The minimum Gasteiger partial charge on any atom is -0.252 e. The summed E-state index contributed by atoms with van der Waals surface area (Å²) in [5.41, 5.74) is 2.41. The molecule has 3 fully saturated rings. The van der Waals surface area contributed by atoms with Crippen molar-refractivity contribution in [2.45, 2.75) is 52.5 Å². The highest BCUT2D eigenvalue weighted by atomic mass is 15.4. The topological polar surface area (TPSA) is 30.7 Å². The molecular weight excluding hydrogens is 186 g/mol. The molecule has 3 heteroatoms. The third kappa shape index (κ3) is 1.32. The second-order valence-electron chi connectivity index (χ2n) is 6.34. The lowest BCUT2D eigenvalue weighted by Crippen LogP contribution is -2.61. The molecule has 2 bridgehead atoms. The molecular formula is C12H19N3. The quantitative estimate of drug-likeness (QED) is 0.759. The summed E-state index contributed by atoms with van der Waals surface area (Å²) < 4.78 is 2.05. The van der Waals surface area contributed by atoms with Gasteiger partial charge in [-0.05, 0) is 36.0 Å². The van der Waals surface area contributed by atoms with Gasteiger partial charge in [0.25, 0.3) is 0 Å². The predicted octanol–water partition coefficient (Wildman–Crippen LogP) is 2.59. The maximum atomic E-state index is 4.22. The van der Waals surface area contributed by atoms with Crippen molar-refractivity contribution in [3.05, 3.63) is 11.9 Å². The molecule has 0 unspecified atom stereocenters. The largest absolute Gasteiger partial charge is 0.252 e. The molecule has 1 aromatic heterocycles. The summed E-state index contributed by atoms with van der Waals surface area (Å²) in [6.07, 6.45) is 6.32. The van der Waals surface area contributed by atoms with Gasteiger partial charge in [-0.15, -0.1) is 5.10 Å². The number of hydrogen-bond donors (Lipinski definition) is 0. The van der Waals surface area contributed by atoms with Crippen molar-refractivity contribution in [2.75, 3.05) is 0 Å². The van der Waals surface area contributed by atoms with Gasteiger partial charge in [0.1, 0.15) is 0 Å². The van der Waals surface area contributed by atoms with E-state index in [-0.39, 0.29) is 0 Å². The lowest BCUT2D eigenvalue weighted by molar-refractivity contribution is -0.200. The predicted molar refractivity (Wildman–Crippen MR) is 58.5 cm³/mol. The summed E-state index contributed by atoms with van der Waals surface area (Å²) in [4.78, 5) is 0. The van der Waals surface area contributed by atoms with Crippen LogP contribution in [0.5, 0.6) is 0 Å². The number of rotatable bonds is 3. The lowest BCUT2D eigenvalue weighted by atomic mass is 9.36. The molecule has 0 aliphatic heterocycles. The van der Waals surface area contributed by atoms with Gasteiger partial charge in [0, 0.05) is 12.7 Å². The number of aromatic nitrogens is 3. The first-order chi connectivity index (χ1) is 7.00. The average Bonchev–Trinajstić information content (AvgIpc) is 2.48. The third-order valence-electron chi connectivity index (χ3n) is 4.05. The fourth-order valence-electron chi connectivity index (χ4n) is 3.73. The minimum atomic E-state index is 0.490. The smallest absolute Gasteiger partial charge is 0.0852 e. The maximum Gasteiger partial charge on any atom is 0.0852 e. The van der Waals surface area contributed by atoms with E-state index >= 15 is 0 Å². The first-order valence-corrected chi connectivity index (χ1v) is 5.90. The van der Waals surface area contributed by atoms with Gasteiger partial charge in [-0.2, -0.15) is 0 Å². The Hall–Kier alpha value is -0.860. The molecule has 1 aromatic rings. The zero-order valence-electron chi connectivity index (χ0n) is 9.82. The van der Waals surface area contributed by atoms with E-state index in [1.807, 2.05) is 4.68 Å². The standard InChI is InChI=1S/C12H19N3/c1-9(2)10-4-15(14-13-10)8-12-5-11(3,6-12)7-12/h4,9H,5-8H2,1-3H3. The van der Waals surface area contributed by atoms with Gasteiger partial charge in [-0.3, -0.25) is 4.68 Å². The Morgan fingerprint density at radius 3 is 2.53 bits per heavy atom. The molecule has 15 heavy (non-hydrogen) atoms. The highest BCUT2D eigenvalue weighted by Crippen LogP contribution is 2.73. The summed E-state index contributed by atoms with van der Waals surface area (Å²) in [5.74, 6) is 0.490. The molecule has 0 saturated heterocycles. The molecule has 3 aliphatic rings. The van der Waals surface area contributed by atoms with Crippen molar-refractivity contribution in [1.82, 2.24) is 15.0 Å². The van der Waals surface area contributed by atoms with Crippen LogP contribution in [0.25, 0.3) is 0 Å². The molecule has 0 N–H and O–H groups in total. The van der Waals surface area contributed by atoms with Crippen LogP contribution >= 0.6 is 0 Å². The Morgan fingerprint density at radius 2 is 2.07 bits per heavy atom. The van der Waals surface area contributed by atoms with Crippen molar-refractivity contribution in [3.63, 3.8) is 0 Å². The van der Waals surface area contributed by atoms with Crippen LogP contribution in [-0.2, 0) is 6.54 Å². The van der Waals surface area contributed by atoms with Crippen molar-refractivity contribution in [2.24, 2.45) is 10.8 Å². The first kappa shape index (κ1) is 9.37. The SMILES string of the molecule is CC(C)c1cn(CC23CC(C)(C2)C3)nn1. The average molecular weight is 205 g/mol. The van der Waals surface area contributed by atoms with Crippen LogP contribution in [0.2, 0.25) is 0 Å². The van der Waals surface area contributed by atoms with Crippen molar-refractivity contribution in [3.8, 4) is 0 Å². The summed E-state index contributed by atoms with van der Waals surface area (Å²) in [5, 5.41) is 8.42. The highest BCUT2D eigenvalue weighted by Gasteiger charge is 2.64. The lowest BCUT2D eigenvalue weighted by Gasteiger charge is -2.69. The Bertz CT molecular complexity index is 372. The van der Waals surface area contributed by atoms with Crippen LogP contribution in [-0.4, -0.2) is 15.0 Å². The number of hydrogen-bond acceptors (Lipinski definition) is 2. The number of nitrogens with zero attached hydrogens (tertiary/aromatic N) is 3. The zero-order valence-corrected chi connectivity index (χ0v) is 9.82. The van der Waals surface area contributed by atoms with Crippen LogP contribution < -0.4 is 0 Å². The van der Waals surface area contributed by atoms with E-state index < -0.39 is 0 Å². The normalized spacial score (nSPS) is 37.6. The van der Waals surface area contributed by atoms with E-state index in [0.717, 1.165) is 12.2 Å². The van der Waals surface area contributed by atoms with Crippen LogP contribution in [0.4, 0.5) is 0 Å². The molecule has 0 spiro atoms. The van der Waals surface area contributed by atoms with Crippen molar-refractivity contribution < 1.29 is 0 Å². The second-order valence-corrected chi connectivity index (χ2v) is 6.34. The third-order valence-corrected chi connectivity index (χ3v) is 4.05. The molecule has 82 valence electrons. The molecule has 0 amide bonds. The monoisotopic (exact) mass is 205 g/mol. The van der Waals surface area contributed by atoms with Gasteiger partial charge in [-0.1, -0.05) is 26.0 Å². The Morgan fingerprint density at radius 1 is 1.40 bits per heavy atom. The fourth-order valence-corrected chi connectivity index (χ4v) is 3.73. The van der Waals surface area contributed by atoms with Gasteiger partial charge in [0.15, 0.2) is 0 Å². The van der Waals surface area contributed by atoms with Crippen LogP contribution in [0.3, 0.4) is 0 Å². The van der Waals surface area contributed by atoms with Crippen LogP contribution in [0.15, 0.2) is 6.20 Å². The Balaban J connectivity index is 1.68.